The second-order valence-corrected chi connectivity index (χ2v) is 10.8. The highest BCUT2D eigenvalue weighted by Gasteiger charge is 2.20. The number of hydrogen-bond donors (Lipinski definition) is 2. The number of carbonyl (C=O) groups excluding carboxylic acids is 2. The number of carbonyl (C=O) groups is 2. The molecule has 0 saturated carbocycles. The van der Waals surface area contributed by atoms with Gasteiger partial charge in [-0.2, -0.15) is 0 Å². The Hall–Kier alpha value is -4.18. The molecular weight excluding hydrogens is 530 g/mol. The summed E-state index contributed by atoms with van der Waals surface area (Å²) in [6.45, 7) is 7.82. The van der Waals surface area contributed by atoms with Gasteiger partial charge in [0.05, 0.1) is 43.5 Å². The highest BCUT2D eigenvalue weighted by atomic mass is 16.5. The molecule has 9 heteroatoms. The molecule has 2 heterocycles. The predicted octanol–water partition coefficient (Wildman–Crippen LogP) is 3.27. The number of nitrogens with zero attached hydrogens (tertiary/aromatic N) is 3. The third-order valence-corrected chi connectivity index (χ3v) is 7.88. The van der Waals surface area contributed by atoms with Gasteiger partial charge in [0.25, 0.3) is 11.5 Å². The molecule has 0 aliphatic carbocycles. The normalized spacial score (nSPS) is 14.5. The van der Waals surface area contributed by atoms with Crippen LogP contribution in [0.1, 0.15) is 33.1 Å². The summed E-state index contributed by atoms with van der Waals surface area (Å²) in [5, 5.41) is 6.13. The summed E-state index contributed by atoms with van der Waals surface area (Å²) in [5.74, 6) is -0.211. The van der Waals surface area contributed by atoms with Gasteiger partial charge in [0.2, 0.25) is 0 Å². The molecular formula is C33H37N5O4. The lowest BCUT2D eigenvalue weighted by molar-refractivity contribution is -0.119. The van der Waals surface area contributed by atoms with Crippen LogP contribution in [0.4, 0.5) is 0 Å². The lowest BCUT2D eigenvalue weighted by atomic mass is 9.98. The Bertz CT molecular complexity index is 1640. The molecule has 1 unspecified atom stereocenters. The average Bonchev–Trinajstić information content (AvgIpc) is 3.02. The van der Waals surface area contributed by atoms with E-state index < -0.39 is 0 Å². The Morgan fingerprint density at radius 3 is 2.45 bits per heavy atom. The first-order valence-corrected chi connectivity index (χ1v) is 14.3. The SMILES string of the molecule is CNC(=O)c1cccc(-c2ccc(C(CN3CCOCC3)NCC(=O)Cn3c(=O)cnc4cc(C)c(C)cc43)cc2)c1. The Kier molecular flexibility index (Phi) is 9.22. The first-order valence-electron chi connectivity index (χ1n) is 14.3. The van der Waals surface area contributed by atoms with Crippen LogP contribution in [-0.4, -0.2) is 72.6 Å². The van der Waals surface area contributed by atoms with Crippen LogP contribution < -0.4 is 16.2 Å². The molecule has 5 rings (SSSR count). The smallest absolute Gasteiger partial charge is 0.269 e. The molecule has 2 N–H and O–H groups in total. The third-order valence-electron chi connectivity index (χ3n) is 7.88. The van der Waals surface area contributed by atoms with Crippen LogP contribution >= 0.6 is 0 Å². The molecule has 1 aliphatic heterocycles. The second kappa shape index (κ2) is 13.2. The van der Waals surface area contributed by atoms with Crippen molar-refractivity contribution in [1.29, 1.82) is 0 Å². The van der Waals surface area contributed by atoms with E-state index in [0.717, 1.165) is 47.5 Å². The van der Waals surface area contributed by atoms with Gasteiger partial charge in [-0.05, 0) is 65.9 Å². The van der Waals surface area contributed by atoms with E-state index in [1.165, 1.54) is 10.8 Å². The Morgan fingerprint density at radius 2 is 1.71 bits per heavy atom. The number of hydrogen-bond acceptors (Lipinski definition) is 7. The molecule has 1 saturated heterocycles. The third kappa shape index (κ3) is 6.82. The van der Waals surface area contributed by atoms with Gasteiger partial charge in [-0.15, -0.1) is 0 Å². The number of ether oxygens (including phenoxy) is 1. The highest BCUT2D eigenvalue weighted by molar-refractivity contribution is 5.95. The molecule has 4 aromatic rings. The van der Waals surface area contributed by atoms with Gasteiger partial charge in [-0.3, -0.25) is 23.9 Å². The zero-order chi connectivity index (χ0) is 29.6. The molecule has 42 heavy (non-hydrogen) atoms. The van der Waals surface area contributed by atoms with Crippen LogP contribution in [0.3, 0.4) is 0 Å². The number of morpholine rings is 1. The number of benzene rings is 3. The van der Waals surface area contributed by atoms with Gasteiger partial charge < -0.3 is 15.4 Å². The van der Waals surface area contributed by atoms with Crippen LogP contribution in [0.2, 0.25) is 0 Å². The van der Waals surface area contributed by atoms with Crippen molar-refractivity contribution < 1.29 is 14.3 Å². The van der Waals surface area contributed by atoms with Crippen LogP contribution in [0.25, 0.3) is 22.2 Å². The Balaban J connectivity index is 1.33. The fraction of sp³-hybridized carbons (Fsp3) is 0.333. The first-order chi connectivity index (χ1) is 20.3. The highest BCUT2D eigenvalue weighted by Crippen LogP contribution is 2.24. The van der Waals surface area contributed by atoms with Gasteiger partial charge in [0.1, 0.15) is 0 Å². The van der Waals surface area contributed by atoms with E-state index in [4.69, 9.17) is 4.74 Å². The topological polar surface area (TPSA) is 106 Å². The molecule has 1 aliphatic rings. The van der Waals surface area contributed by atoms with Crippen molar-refractivity contribution in [2.75, 3.05) is 46.4 Å². The number of aryl methyl sites for hydroxylation is 2. The summed E-state index contributed by atoms with van der Waals surface area (Å²) in [4.78, 5) is 44.6. The number of nitrogens with one attached hydrogen (secondary N) is 2. The van der Waals surface area contributed by atoms with E-state index >= 15 is 0 Å². The fourth-order valence-electron chi connectivity index (χ4n) is 5.27. The maximum absolute atomic E-state index is 13.2. The van der Waals surface area contributed by atoms with Crippen molar-refractivity contribution >= 4 is 22.7 Å². The molecule has 1 fully saturated rings. The van der Waals surface area contributed by atoms with Gasteiger partial charge in [0.15, 0.2) is 5.78 Å². The van der Waals surface area contributed by atoms with Crippen molar-refractivity contribution in [3.63, 3.8) is 0 Å². The maximum Gasteiger partial charge on any atom is 0.269 e. The summed E-state index contributed by atoms with van der Waals surface area (Å²) in [6, 6.07) is 19.5. The quantitative estimate of drug-likeness (QED) is 0.303. The van der Waals surface area contributed by atoms with E-state index in [1.54, 1.807) is 13.1 Å². The predicted molar refractivity (Wildman–Crippen MR) is 164 cm³/mol. The lowest BCUT2D eigenvalue weighted by Gasteiger charge is -2.31. The van der Waals surface area contributed by atoms with Crippen molar-refractivity contribution in [2.24, 2.45) is 0 Å². The first kappa shape index (κ1) is 29.3. The van der Waals surface area contributed by atoms with Crippen LogP contribution in [0.5, 0.6) is 0 Å². The second-order valence-electron chi connectivity index (χ2n) is 10.8. The van der Waals surface area contributed by atoms with Gasteiger partial charge in [-0.25, -0.2) is 4.98 Å². The zero-order valence-corrected chi connectivity index (χ0v) is 24.4. The van der Waals surface area contributed by atoms with Crippen molar-refractivity contribution in [2.45, 2.75) is 26.4 Å². The molecule has 1 atom stereocenters. The molecule has 0 radical (unpaired) electrons. The minimum atomic E-state index is -0.292. The molecule has 218 valence electrons. The van der Waals surface area contributed by atoms with E-state index in [1.807, 2.05) is 56.3 Å². The van der Waals surface area contributed by atoms with Crippen molar-refractivity contribution in [3.05, 3.63) is 99.5 Å². The molecule has 1 amide bonds. The van der Waals surface area contributed by atoms with Crippen LogP contribution in [0.15, 0.2) is 71.7 Å². The number of Topliss-reactive ketones (excluding diaryl/α,β-unsaturated/α-hetero) is 1. The Labute approximate surface area is 245 Å². The minimum Gasteiger partial charge on any atom is -0.379 e. The summed E-state index contributed by atoms with van der Waals surface area (Å²) in [6.07, 6.45) is 1.28. The number of rotatable bonds is 10. The lowest BCUT2D eigenvalue weighted by Crippen LogP contribution is -2.43. The van der Waals surface area contributed by atoms with Gasteiger partial charge >= 0.3 is 0 Å². The molecule has 1 aromatic heterocycles. The molecule has 3 aromatic carbocycles. The van der Waals surface area contributed by atoms with Gasteiger partial charge in [-0.1, -0.05) is 36.4 Å². The standard InChI is InChI=1S/C33H37N5O4/c1-22-15-29-31(16-23(22)2)38(32(40)19-36-29)20-28(39)18-35-30(21-37-11-13-42-14-12-37)25-9-7-24(8-10-25)26-5-4-6-27(17-26)33(41)34-3/h4-10,15-17,19,30,35H,11-14,18,20-21H2,1-3H3,(H,34,41). The van der Waals surface area contributed by atoms with E-state index in [9.17, 15) is 14.4 Å². The van der Waals surface area contributed by atoms with Crippen LogP contribution in [0, 0.1) is 13.8 Å². The summed E-state index contributed by atoms with van der Waals surface area (Å²) in [7, 11) is 1.62. The number of aromatic nitrogens is 2. The van der Waals surface area contributed by atoms with E-state index in [-0.39, 0.29) is 36.4 Å². The van der Waals surface area contributed by atoms with E-state index in [0.29, 0.717) is 29.8 Å². The zero-order valence-electron chi connectivity index (χ0n) is 24.4. The maximum atomic E-state index is 13.2. The monoisotopic (exact) mass is 567 g/mol. The number of ketones is 1. The minimum absolute atomic E-state index is 0.0295. The van der Waals surface area contributed by atoms with Crippen LogP contribution in [-0.2, 0) is 16.1 Å². The van der Waals surface area contributed by atoms with Crippen molar-refractivity contribution in [1.82, 2.24) is 25.1 Å². The summed E-state index contributed by atoms with van der Waals surface area (Å²) < 4.78 is 7.04. The fourth-order valence-corrected chi connectivity index (χ4v) is 5.27. The molecule has 9 nitrogen and oxygen atoms in total. The summed E-state index contributed by atoms with van der Waals surface area (Å²) in [5.41, 5.74) is 6.82. The Morgan fingerprint density at radius 1 is 0.976 bits per heavy atom. The molecule has 0 bridgehead atoms. The molecule has 0 spiro atoms. The van der Waals surface area contributed by atoms with Crippen molar-refractivity contribution in [3.8, 4) is 11.1 Å². The number of amides is 1. The largest absolute Gasteiger partial charge is 0.379 e. The average molecular weight is 568 g/mol. The number of fused-ring (bicyclic) bond motifs is 1. The summed E-state index contributed by atoms with van der Waals surface area (Å²) >= 11 is 0. The van der Waals surface area contributed by atoms with Gasteiger partial charge in [0, 0.05) is 38.3 Å². The van der Waals surface area contributed by atoms with E-state index in [2.05, 4.69) is 32.7 Å².